The van der Waals surface area contributed by atoms with Gasteiger partial charge in [-0.05, 0) is 30.0 Å². The fourth-order valence-electron chi connectivity index (χ4n) is 2.17. The van der Waals surface area contributed by atoms with Crippen molar-refractivity contribution in [1.82, 2.24) is 0 Å². The summed E-state index contributed by atoms with van der Waals surface area (Å²) in [6, 6.07) is 9.16. The number of thioether (sulfide) groups is 1. The predicted octanol–water partition coefficient (Wildman–Crippen LogP) is 5.86. The van der Waals surface area contributed by atoms with Crippen molar-refractivity contribution < 1.29 is 9.53 Å². The molecule has 0 saturated carbocycles. The molecule has 0 bridgehead atoms. The first-order valence-electron chi connectivity index (χ1n) is 8.33. The van der Waals surface area contributed by atoms with Gasteiger partial charge in [-0.2, -0.15) is 11.8 Å². The van der Waals surface area contributed by atoms with Crippen molar-refractivity contribution in [2.75, 3.05) is 11.5 Å². The molecule has 1 aromatic rings. The van der Waals surface area contributed by atoms with Gasteiger partial charge in [0.2, 0.25) is 0 Å². The lowest BCUT2D eigenvalue weighted by molar-refractivity contribution is 0.0608. The normalized spacial score (nSPS) is 16.0. The van der Waals surface area contributed by atoms with E-state index in [1.165, 1.54) is 0 Å². The quantitative estimate of drug-likeness (QED) is 0.499. The Morgan fingerprint density at radius 2 is 1.87 bits per heavy atom. The first-order chi connectivity index (χ1) is 11.1. The van der Waals surface area contributed by atoms with E-state index in [9.17, 15) is 4.79 Å². The Morgan fingerprint density at radius 3 is 2.39 bits per heavy atom. The molecule has 0 amide bonds. The van der Waals surface area contributed by atoms with E-state index >= 15 is 0 Å². The summed E-state index contributed by atoms with van der Waals surface area (Å²) in [4.78, 5) is 12.3. The van der Waals surface area contributed by atoms with Gasteiger partial charge in [0.15, 0.2) is 0 Å². The van der Waals surface area contributed by atoms with Crippen LogP contribution in [-0.4, -0.2) is 17.5 Å². The standard InChI is InChI=1S/C18H22O2S.C2H6/c1-13(2)9-10-17(16-12-21-11-14(16)3)20-18(19)15-7-5-4-6-8-15;1-2/h4-8,13H,3,9-12H2,1-2H3;1-2H3/b17-16+;. The third-order valence-electron chi connectivity index (χ3n) is 3.46. The predicted molar refractivity (Wildman–Crippen MR) is 101 cm³/mol. The number of ether oxygens (including phenoxy) is 1. The Bertz CT molecular complexity index is 544. The molecule has 1 saturated heterocycles. The second kappa shape index (κ2) is 10.3. The molecule has 0 radical (unpaired) electrons. The molecule has 0 aliphatic carbocycles. The highest BCUT2D eigenvalue weighted by Crippen LogP contribution is 2.32. The summed E-state index contributed by atoms with van der Waals surface area (Å²) < 4.78 is 5.71. The molecule has 0 N–H and O–H groups in total. The molecule has 1 fully saturated rings. The Morgan fingerprint density at radius 1 is 1.22 bits per heavy atom. The van der Waals surface area contributed by atoms with Crippen LogP contribution in [0.25, 0.3) is 0 Å². The fourth-order valence-corrected chi connectivity index (χ4v) is 3.26. The van der Waals surface area contributed by atoms with Gasteiger partial charge in [-0.3, -0.25) is 0 Å². The lowest BCUT2D eigenvalue weighted by Gasteiger charge is -2.14. The molecule has 3 heteroatoms. The van der Waals surface area contributed by atoms with E-state index in [1.54, 1.807) is 12.1 Å². The molecule has 2 nitrogen and oxygen atoms in total. The number of rotatable bonds is 5. The zero-order valence-corrected chi connectivity index (χ0v) is 15.5. The zero-order chi connectivity index (χ0) is 17.2. The highest BCUT2D eigenvalue weighted by molar-refractivity contribution is 8.00. The molecule has 1 heterocycles. The van der Waals surface area contributed by atoms with Crippen LogP contribution in [0, 0.1) is 5.92 Å². The largest absolute Gasteiger partial charge is 0.427 e. The monoisotopic (exact) mass is 332 g/mol. The van der Waals surface area contributed by atoms with Crippen LogP contribution < -0.4 is 0 Å². The van der Waals surface area contributed by atoms with E-state index in [4.69, 9.17) is 4.74 Å². The van der Waals surface area contributed by atoms with Gasteiger partial charge in [-0.15, -0.1) is 0 Å². The highest BCUT2D eigenvalue weighted by atomic mass is 32.2. The topological polar surface area (TPSA) is 26.3 Å². The summed E-state index contributed by atoms with van der Waals surface area (Å²) in [6.45, 7) is 12.5. The van der Waals surface area contributed by atoms with Crippen LogP contribution in [0.4, 0.5) is 0 Å². The van der Waals surface area contributed by atoms with Crippen molar-refractivity contribution >= 4 is 17.7 Å². The SMILES string of the molecule is C=C1CSC/C1=C(/CCC(C)C)OC(=O)c1ccccc1.CC. The van der Waals surface area contributed by atoms with E-state index in [-0.39, 0.29) is 5.97 Å². The average molecular weight is 333 g/mol. The molecule has 23 heavy (non-hydrogen) atoms. The van der Waals surface area contributed by atoms with Crippen LogP contribution in [0.2, 0.25) is 0 Å². The van der Waals surface area contributed by atoms with Gasteiger partial charge < -0.3 is 4.74 Å². The van der Waals surface area contributed by atoms with Crippen molar-refractivity contribution in [1.29, 1.82) is 0 Å². The van der Waals surface area contributed by atoms with Gasteiger partial charge in [0, 0.05) is 23.5 Å². The summed E-state index contributed by atoms with van der Waals surface area (Å²) in [7, 11) is 0. The number of benzene rings is 1. The smallest absolute Gasteiger partial charge is 0.343 e. The Labute approximate surface area is 145 Å². The highest BCUT2D eigenvalue weighted by Gasteiger charge is 2.21. The van der Waals surface area contributed by atoms with Gasteiger partial charge in [-0.25, -0.2) is 4.79 Å². The van der Waals surface area contributed by atoms with Gasteiger partial charge in [0.05, 0.1) is 5.56 Å². The number of carbonyl (C=O) groups excluding carboxylic acids is 1. The number of hydrogen-bond acceptors (Lipinski definition) is 3. The van der Waals surface area contributed by atoms with E-state index in [1.807, 2.05) is 43.8 Å². The second-order valence-electron chi connectivity index (χ2n) is 5.69. The molecule has 0 aromatic heterocycles. The van der Waals surface area contributed by atoms with E-state index in [0.717, 1.165) is 41.3 Å². The fraction of sp³-hybridized carbons (Fsp3) is 0.450. The molecule has 2 rings (SSSR count). The maximum absolute atomic E-state index is 12.3. The first-order valence-corrected chi connectivity index (χ1v) is 9.48. The van der Waals surface area contributed by atoms with E-state index in [0.29, 0.717) is 11.5 Å². The van der Waals surface area contributed by atoms with Gasteiger partial charge in [-0.1, -0.05) is 52.5 Å². The molecule has 0 unspecified atom stereocenters. The first kappa shape index (κ1) is 19.6. The van der Waals surface area contributed by atoms with Crippen molar-refractivity contribution in [3.05, 3.63) is 59.4 Å². The average Bonchev–Trinajstić information content (AvgIpc) is 3.00. The molecule has 1 aromatic carbocycles. The lowest BCUT2D eigenvalue weighted by atomic mass is 10.0. The minimum atomic E-state index is -0.272. The van der Waals surface area contributed by atoms with Gasteiger partial charge in [0.25, 0.3) is 0 Å². The van der Waals surface area contributed by atoms with Crippen LogP contribution >= 0.6 is 11.8 Å². The number of hydrogen-bond donors (Lipinski definition) is 0. The summed E-state index contributed by atoms with van der Waals surface area (Å²) in [5.41, 5.74) is 2.82. The van der Waals surface area contributed by atoms with E-state index < -0.39 is 0 Å². The Hall–Kier alpha value is -1.48. The van der Waals surface area contributed by atoms with Gasteiger partial charge >= 0.3 is 5.97 Å². The lowest BCUT2D eigenvalue weighted by Crippen LogP contribution is -2.08. The number of carbonyl (C=O) groups is 1. The van der Waals surface area contributed by atoms with Crippen LogP contribution in [0.15, 0.2) is 53.8 Å². The summed E-state index contributed by atoms with van der Waals surface area (Å²) in [5.74, 6) is 2.95. The minimum absolute atomic E-state index is 0.272. The number of allylic oxidation sites excluding steroid dienone is 1. The van der Waals surface area contributed by atoms with Crippen molar-refractivity contribution in [3.63, 3.8) is 0 Å². The van der Waals surface area contributed by atoms with Crippen molar-refractivity contribution in [2.24, 2.45) is 5.92 Å². The maximum Gasteiger partial charge on any atom is 0.343 e. The third kappa shape index (κ3) is 6.26. The summed E-state index contributed by atoms with van der Waals surface area (Å²) >= 11 is 1.83. The molecule has 0 atom stereocenters. The Kier molecular flexibility index (Phi) is 8.78. The molecule has 0 spiro atoms. The molecule has 1 aliphatic rings. The summed E-state index contributed by atoms with van der Waals surface area (Å²) in [5, 5.41) is 0. The molecular formula is C20H28O2S. The molecule has 126 valence electrons. The minimum Gasteiger partial charge on any atom is -0.427 e. The zero-order valence-electron chi connectivity index (χ0n) is 14.7. The van der Waals surface area contributed by atoms with Crippen LogP contribution in [0.1, 0.15) is 50.9 Å². The van der Waals surface area contributed by atoms with Crippen molar-refractivity contribution in [3.8, 4) is 0 Å². The van der Waals surface area contributed by atoms with E-state index in [2.05, 4.69) is 20.4 Å². The summed E-state index contributed by atoms with van der Waals surface area (Å²) in [6.07, 6.45) is 1.81. The van der Waals surface area contributed by atoms with Crippen LogP contribution in [0.3, 0.4) is 0 Å². The third-order valence-corrected chi connectivity index (χ3v) is 4.51. The second-order valence-corrected chi connectivity index (χ2v) is 6.67. The van der Waals surface area contributed by atoms with Crippen molar-refractivity contribution in [2.45, 2.75) is 40.5 Å². The molecular weight excluding hydrogens is 304 g/mol. The maximum atomic E-state index is 12.3. The Balaban J connectivity index is 0.00000127. The van der Waals surface area contributed by atoms with Crippen LogP contribution in [0.5, 0.6) is 0 Å². The van der Waals surface area contributed by atoms with Gasteiger partial charge in [0.1, 0.15) is 5.76 Å². The molecule has 1 aliphatic heterocycles. The van der Waals surface area contributed by atoms with Crippen LogP contribution in [-0.2, 0) is 4.74 Å². The number of esters is 1.